The number of nitrogens with one attached hydrogen (secondary N) is 1. The summed E-state index contributed by atoms with van der Waals surface area (Å²) in [6.45, 7) is 2.90. The first-order valence-corrected chi connectivity index (χ1v) is 4.74. The molecule has 92 valence electrons. The SMILES string of the molecule is CC(=O)OC[C@H](C)NC(=O)[C@H](N)CC(=O)O. The maximum absolute atomic E-state index is 11.3. The lowest BCUT2D eigenvalue weighted by Gasteiger charge is -2.16. The van der Waals surface area contributed by atoms with Crippen LogP contribution < -0.4 is 11.1 Å². The van der Waals surface area contributed by atoms with E-state index in [-0.39, 0.29) is 6.61 Å². The number of hydrogen-bond donors (Lipinski definition) is 3. The van der Waals surface area contributed by atoms with E-state index in [4.69, 9.17) is 10.8 Å². The number of hydrogen-bond acceptors (Lipinski definition) is 5. The minimum atomic E-state index is -1.14. The highest BCUT2D eigenvalue weighted by molar-refractivity contribution is 5.86. The summed E-state index contributed by atoms with van der Waals surface area (Å²) in [5.41, 5.74) is 5.32. The number of rotatable bonds is 6. The third-order valence-electron chi connectivity index (χ3n) is 1.66. The third-order valence-corrected chi connectivity index (χ3v) is 1.66. The maximum atomic E-state index is 11.3. The zero-order chi connectivity index (χ0) is 12.7. The van der Waals surface area contributed by atoms with Crippen molar-refractivity contribution in [2.45, 2.75) is 32.4 Å². The van der Waals surface area contributed by atoms with Crippen LogP contribution in [0.25, 0.3) is 0 Å². The van der Waals surface area contributed by atoms with E-state index in [0.717, 1.165) is 0 Å². The Morgan fingerprint density at radius 3 is 2.44 bits per heavy atom. The number of carbonyl (C=O) groups is 3. The molecule has 0 fully saturated rings. The van der Waals surface area contributed by atoms with Crippen molar-refractivity contribution in [3.05, 3.63) is 0 Å². The number of aliphatic carboxylic acids is 1. The average molecular weight is 232 g/mol. The van der Waals surface area contributed by atoms with Gasteiger partial charge in [0.1, 0.15) is 6.61 Å². The minimum absolute atomic E-state index is 0.0286. The van der Waals surface area contributed by atoms with Crippen LogP contribution in [0.3, 0.4) is 0 Å². The van der Waals surface area contributed by atoms with Gasteiger partial charge < -0.3 is 20.9 Å². The maximum Gasteiger partial charge on any atom is 0.305 e. The van der Waals surface area contributed by atoms with Crippen LogP contribution >= 0.6 is 0 Å². The topological polar surface area (TPSA) is 119 Å². The van der Waals surface area contributed by atoms with Gasteiger partial charge in [0.05, 0.1) is 18.5 Å². The lowest BCUT2D eigenvalue weighted by atomic mass is 10.2. The van der Waals surface area contributed by atoms with Crippen molar-refractivity contribution in [1.82, 2.24) is 5.32 Å². The van der Waals surface area contributed by atoms with E-state index in [1.165, 1.54) is 6.92 Å². The summed E-state index contributed by atoms with van der Waals surface area (Å²) in [7, 11) is 0. The van der Waals surface area contributed by atoms with Gasteiger partial charge in [0.25, 0.3) is 0 Å². The summed E-state index contributed by atoms with van der Waals surface area (Å²) in [5.74, 6) is -2.17. The van der Waals surface area contributed by atoms with Crippen molar-refractivity contribution in [3.63, 3.8) is 0 Å². The first-order chi connectivity index (χ1) is 7.32. The average Bonchev–Trinajstić information content (AvgIpc) is 2.13. The van der Waals surface area contributed by atoms with Crippen LogP contribution in [-0.4, -0.2) is 41.6 Å². The Morgan fingerprint density at radius 2 is 2.00 bits per heavy atom. The van der Waals surface area contributed by atoms with Crippen LogP contribution in [0.1, 0.15) is 20.3 Å². The number of carbonyl (C=O) groups excluding carboxylic acids is 2. The van der Waals surface area contributed by atoms with Crippen molar-refractivity contribution in [3.8, 4) is 0 Å². The van der Waals surface area contributed by atoms with Gasteiger partial charge in [-0.15, -0.1) is 0 Å². The molecule has 2 atom stereocenters. The van der Waals surface area contributed by atoms with Crippen LogP contribution in [-0.2, 0) is 19.1 Å². The molecule has 0 aliphatic carbocycles. The van der Waals surface area contributed by atoms with E-state index in [1.54, 1.807) is 6.92 Å². The Balaban J connectivity index is 3.93. The van der Waals surface area contributed by atoms with Crippen molar-refractivity contribution in [2.24, 2.45) is 5.73 Å². The lowest BCUT2D eigenvalue weighted by Crippen LogP contribution is -2.46. The molecule has 0 heterocycles. The number of amides is 1. The molecule has 0 saturated heterocycles. The fraction of sp³-hybridized carbons (Fsp3) is 0.667. The Bertz CT molecular complexity index is 279. The van der Waals surface area contributed by atoms with E-state index in [2.05, 4.69) is 10.1 Å². The van der Waals surface area contributed by atoms with Crippen LogP contribution in [0.2, 0.25) is 0 Å². The molecule has 0 bridgehead atoms. The molecule has 0 radical (unpaired) electrons. The number of ether oxygens (including phenoxy) is 1. The molecule has 0 rings (SSSR count). The quantitative estimate of drug-likeness (QED) is 0.498. The zero-order valence-electron chi connectivity index (χ0n) is 9.23. The number of carboxylic acids is 1. The van der Waals surface area contributed by atoms with E-state index < -0.39 is 36.4 Å². The highest BCUT2D eigenvalue weighted by Gasteiger charge is 2.18. The smallest absolute Gasteiger partial charge is 0.305 e. The van der Waals surface area contributed by atoms with Crippen molar-refractivity contribution < 1.29 is 24.2 Å². The Morgan fingerprint density at radius 1 is 1.44 bits per heavy atom. The molecule has 1 amide bonds. The zero-order valence-corrected chi connectivity index (χ0v) is 9.23. The molecule has 4 N–H and O–H groups in total. The van der Waals surface area contributed by atoms with Crippen molar-refractivity contribution in [2.75, 3.05) is 6.61 Å². The van der Waals surface area contributed by atoms with Gasteiger partial charge in [-0.2, -0.15) is 0 Å². The fourth-order valence-electron chi connectivity index (χ4n) is 0.915. The summed E-state index contributed by atoms with van der Waals surface area (Å²) in [4.78, 5) is 32.1. The molecular formula is C9H16N2O5. The fourth-order valence-corrected chi connectivity index (χ4v) is 0.915. The minimum Gasteiger partial charge on any atom is -0.481 e. The Kier molecular flexibility index (Phi) is 6.09. The summed E-state index contributed by atoms with van der Waals surface area (Å²) >= 11 is 0. The first-order valence-electron chi connectivity index (χ1n) is 4.74. The van der Waals surface area contributed by atoms with E-state index in [1.807, 2.05) is 0 Å². The molecule has 0 aromatic rings. The Hall–Kier alpha value is -1.63. The second-order valence-electron chi connectivity index (χ2n) is 3.42. The van der Waals surface area contributed by atoms with Crippen LogP contribution in [0.4, 0.5) is 0 Å². The van der Waals surface area contributed by atoms with Crippen LogP contribution in [0.15, 0.2) is 0 Å². The summed E-state index contributed by atoms with van der Waals surface area (Å²) in [5, 5.41) is 10.8. The van der Waals surface area contributed by atoms with Gasteiger partial charge in [-0.1, -0.05) is 0 Å². The molecule has 7 nitrogen and oxygen atoms in total. The third kappa shape index (κ3) is 6.77. The Labute approximate surface area is 92.9 Å². The van der Waals surface area contributed by atoms with Gasteiger partial charge >= 0.3 is 11.9 Å². The van der Waals surface area contributed by atoms with Gasteiger partial charge in [0, 0.05) is 6.92 Å². The van der Waals surface area contributed by atoms with Crippen molar-refractivity contribution >= 4 is 17.8 Å². The standard InChI is InChI=1S/C9H16N2O5/c1-5(4-16-6(2)12)11-9(15)7(10)3-8(13)14/h5,7H,3-4,10H2,1-2H3,(H,11,15)(H,13,14)/t5-,7+/m0/s1. The normalized spacial score (nSPS) is 13.7. The molecular weight excluding hydrogens is 216 g/mol. The molecule has 0 aromatic carbocycles. The van der Waals surface area contributed by atoms with Crippen molar-refractivity contribution in [1.29, 1.82) is 0 Å². The molecule has 0 saturated carbocycles. The number of carboxylic acid groups (broad SMARTS) is 1. The summed E-state index contributed by atoms with van der Waals surface area (Å²) < 4.78 is 4.65. The largest absolute Gasteiger partial charge is 0.481 e. The molecule has 0 aliphatic rings. The lowest BCUT2D eigenvalue weighted by molar-refractivity contribution is -0.142. The molecule has 16 heavy (non-hydrogen) atoms. The predicted octanol–water partition coefficient (Wildman–Crippen LogP) is -1.14. The first kappa shape index (κ1) is 14.4. The second-order valence-corrected chi connectivity index (χ2v) is 3.42. The molecule has 7 heteroatoms. The van der Waals surface area contributed by atoms with Gasteiger partial charge in [-0.05, 0) is 6.92 Å². The number of nitrogens with two attached hydrogens (primary N) is 1. The summed E-state index contributed by atoms with van der Waals surface area (Å²) in [6.07, 6.45) is -0.438. The van der Waals surface area contributed by atoms with E-state index in [0.29, 0.717) is 0 Å². The predicted molar refractivity (Wildman–Crippen MR) is 54.5 cm³/mol. The molecule has 0 aromatic heterocycles. The van der Waals surface area contributed by atoms with Gasteiger partial charge in [0.2, 0.25) is 5.91 Å². The highest BCUT2D eigenvalue weighted by Crippen LogP contribution is 1.91. The highest BCUT2D eigenvalue weighted by atomic mass is 16.5. The van der Waals surface area contributed by atoms with Gasteiger partial charge in [-0.3, -0.25) is 14.4 Å². The monoisotopic (exact) mass is 232 g/mol. The number of esters is 1. The molecule has 0 spiro atoms. The van der Waals surface area contributed by atoms with E-state index in [9.17, 15) is 14.4 Å². The van der Waals surface area contributed by atoms with Gasteiger partial charge in [0.15, 0.2) is 0 Å². The van der Waals surface area contributed by atoms with Gasteiger partial charge in [-0.25, -0.2) is 0 Å². The molecule has 0 unspecified atom stereocenters. The second kappa shape index (κ2) is 6.78. The molecule has 0 aliphatic heterocycles. The van der Waals surface area contributed by atoms with E-state index >= 15 is 0 Å². The van der Waals surface area contributed by atoms with Crippen LogP contribution in [0, 0.1) is 0 Å². The summed E-state index contributed by atoms with van der Waals surface area (Å²) in [6, 6.07) is -1.51. The van der Waals surface area contributed by atoms with Crippen LogP contribution in [0.5, 0.6) is 0 Å².